The molecule has 1 atom stereocenters. The van der Waals surface area contributed by atoms with Crippen LogP contribution in [0, 0.1) is 0 Å². The molecular formula is C18H24FNO4. The van der Waals surface area contributed by atoms with Crippen LogP contribution in [-0.2, 0) is 11.2 Å². The molecule has 132 valence electrons. The minimum atomic E-state index is -1.70. The number of rotatable bonds is 4. The van der Waals surface area contributed by atoms with Crippen LogP contribution in [0.15, 0.2) is 18.2 Å². The van der Waals surface area contributed by atoms with E-state index in [2.05, 4.69) is 0 Å². The maximum Gasteiger partial charge on any atom is 0.260 e. The summed E-state index contributed by atoms with van der Waals surface area (Å²) in [6.45, 7) is 3.69. The van der Waals surface area contributed by atoms with Gasteiger partial charge in [-0.25, -0.2) is 4.39 Å². The molecule has 1 saturated heterocycles. The third-order valence-corrected chi connectivity index (χ3v) is 4.57. The average Bonchev–Trinajstić information content (AvgIpc) is 2.87. The van der Waals surface area contributed by atoms with Gasteiger partial charge in [0.1, 0.15) is 5.60 Å². The van der Waals surface area contributed by atoms with Crippen molar-refractivity contribution in [3.8, 4) is 11.5 Å². The van der Waals surface area contributed by atoms with Gasteiger partial charge in [0.05, 0.1) is 13.2 Å². The molecule has 2 aliphatic heterocycles. The minimum Gasteiger partial charge on any atom is -0.483 e. The molecule has 0 aliphatic carbocycles. The van der Waals surface area contributed by atoms with Crippen LogP contribution in [0.2, 0.25) is 0 Å². The Morgan fingerprint density at radius 3 is 3.00 bits per heavy atom. The van der Waals surface area contributed by atoms with Crippen molar-refractivity contribution in [3.63, 3.8) is 0 Å². The number of hydrogen-bond acceptors (Lipinski definition) is 4. The molecule has 3 rings (SSSR count). The molecule has 0 saturated carbocycles. The lowest BCUT2D eigenvalue weighted by Gasteiger charge is -2.36. The van der Waals surface area contributed by atoms with E-state index in [0.29, 0.717) is 24.5 Å². The van der Waals surface area contributed by atoms with E-state index in [0.717, 1.165) is 12.0 Å². The van der Waals surface area contributed by atoms with E-state index in [-0.39, 0.29) is 31.1 Å². The summed E-state index contributed by atoms with van der Waals surface area (Å²) < 4.78 is 25.8. The molecule has 0 spiro atoms. The Balaban J connectivity index is 1.63. The van der Waals surface area contributed by atoms with Gasteiger partial charge < -0.3 is 19.5 Å². The van der Waals surface area contributed by atoms with Crippen LogP contribution in [0.3, 0.4) is 0 Å². The Hall–Kier alpha value is -1.82. The fourth-order valence-corrected chi connectivity index (χ4v) is 3.36. The van der Waals surface area contributed by atoms with Crippen molar-refractivity contribution in [1.29, 1.82) is 0 Å². The van der Waals surface area contributed by atoms with Crippen molar-refractivity contribution in [2.45, 2.75) is 44.4 Å². The van der Waals surface area contributed by atoms with Crippen LogP contribution in [0.4, 0.5) is 4.39 Å². The van der Waals surface area contributed by atoms with Crippen molar-refractivity contribution < 1.29 is 23.8 Å². The first kappa shape index (κ1) is 17.0. The first-order valence-corrected chi connectivity index (χ1v) is 8.33. The van der Waals surface area contributed by atoms with Crippen molar-refractivity contribution in [2.75, 3.05) is 26.3 Å². The molecule has 5 nitrogen and oxygen atoms in total. The predicted molar refractivity (Wildman–Crippen MR) is 87.1 cm³/mol. The molecule has 24 heavy (non-hydrogen) atoms. The van der Waals surface area contributed by atoms with Crippen molar-refractivity contribution >= 4 is 5.91 Å². The number of carbonyl (C=O) groups is 1. The number of hydrogen-bond donors (Lipinski definition) is 1. The number of ether oxygens (including phenoxy) is 2. The first-order valence-electron chi connectivity index (χ1n) is 8.33. The lowest BCUT2D eigenvalue weighted by molar-refractivity contribution is -0.138. The van der Waals surface area contributed by atoms with Crippen LogP contribution in [0.1, 0.15) is 32.3 Å². The molecule has 0 radical (unpaired) electrons. The van der Waals surface area contributed by atoms with Crippen LogP contribution in [0.25, 0.3) is 0 Å². The van der Waals surface area contributed by atoms with Crippen molar-refractivity contribution in [3.05, 3.63) is 23.8 Å². The van der Waals surface area contributed by atoms with Crippen molar-refractivity contribution in [2.24, 2.45) is 0 Å². The van der Waals surface area contributed by atoms with E-state index in [9.17, 15) is 9.18 Å². The monoisotopic (exact) mass is 337 g/mol. The molecule has 1 fully saturated rings. The second-order valence-corrected chi connectivity index (χ2v) is 7.30. The summed E-state index contributed by atoms with van der Waals surface area (Å²) in [7, 11) is 0. The van der Waals surface area contributed by atoms with E-state index in [1.54, 1.807) is 6.07 Å². The van der Waals surface area contributed by atoms with Gasteiger partial charge in [-0.3, -0.25) is 4.79 Å². The van der Waals surface area contributed by atoms with E-state index in [1.807, 2.05) is 26.0 Å². The minimum absolute atomic E-state index is 0.0812. The van der Waals surface area contributed by atoms with Crippen LogP contribution < -0.4 is 9.47 Å². The number of para-hydroxylation sites is 1. The largest absolute Gasteiger partial charge is 0.483 e. The zero-order valence-corrected chi connectivity index (χ0v) is 14.2. The zero-order chi connectivity index (χ0) is 17.4. The second-order valence-electron chi connectivity index (χ2n) is 7.30. The smallest absolute Gasteiger partial charge is 0.260 e. The maximum absolute atomic E-state index is 14.2. The summed E-state index contributed by atoms with van der Waals surface area (Å²) in [5, 5.41) is 9.15. The molecule has 0 aromatic heterocycles. The lowest BCUT2D eigenvalue weighted by Crippen LogP contribution is -2.50. The third-order valence-electron chi connectivity index (χ3n) is 4.57. The highest BCUT2D eigenvalue weighted by Gasteiger charge is 2.37. The molecule has 1 N–H and O–H groups in total. The van der Waals surface area contributed by atoms with Gasteiger partial charge in [-0.2, -0.15) is 0 Å². The van der Waals surface area contributed by atoms with E-state index >= 15 is 0 Å². The highest BCUT2D eigenvalue weighted by molar-refractivity contribution is 5.78. The van der Waals surface area contributed by atoms with Gasteiger partial charge in [0.25, 0.3) is 5.91 Å². The zero-order valence-electron chi connectivity index (χ0n) is 14.2. The van der Waals surface area contributed by atoms with Crippen LogP contribution in [0.5, 0.6) is 11.5 Å². The Morgan fingerprint density at radius 2 is 2.25 bits per heavy atom. The normalized spacial score (nSPS) is 25.1. The number of nitrogens with zero attached hydrogens (tertiary/aromatic N) is 1. The van der Waals surface area contributed by atoms with Gasteiger partial charge in [-0.15, -0.1) is 0 Å². The predicted octanol–water partition coefficient (Wildman–Crippen LogP) is 2.10. The fourth-order valence-electron chi connectivity index (χ4n) is 3.36. The Labute approximate surface area is 141 Å². The SMILES string of the molecule is CC1(C)Cc2cccc(OCC(=O)N3CCCC(F)(CO)C3)c2O1. The summed E-state index contributed by atoms with van der Waals surface area (Å²) in [6.07, 6.45) is 1.62. The Kier molecular flexibility index (Phi) is 4.42. The molecule has 6 heteroatoms. The molecule has 2 heterocycles. The number of alkyl halides is 1. The van der Waals surface area contributed by atoms with E-state index in [4.69, 9.17) is 14.6 Å². The third kappa shape index (κ3) is 3.48. The highest BCUT2D eigenvalue weighted by atomic mass is 19.1. The summed E-state index contributed by atoms with van der Waals surface area (Å²) in [5.41, 5.74) is -0.922. The standard InChI is InChI=1S/C18H24FNO4/c1-17(2)9-13-5-3-6-14(16(13)24-17)23-10-15(22)20-8-4-7-18(19,11-20)12-21/h3,5-6,21H,4,7-12H2,1-2H3. The Bertz CT molecular complexity index is 633. The number of aliphatic hydroxyl groups is 1. The molecular weight excluding hydrogens is 313 g/mol. The maximum atomic E-state index is 14.2. The number of carbonyl (C=O) groups excluding carboxylic acids is 1. The van der Waals surface area contributed by atoms with Gasteiger partial charge in [0, 0.05) is 18.5 Å². The molecule has 1 aromatic carbocycles. The van der Waals surface area contributed by atoms with E-state index < -0.39 is 12.3 Å². The number of fused-ring (bicyclic) bond motifs is 1. The number of amides is 1. The first-order chi connectivity index (χ1) is 11.3. The molecule has 1 amide bonds. The summed E-state index contributed by atoms with van der Waals surface area (Å²) in [6, 6.07) is 5.64. The topological polar surface area (TPSA) is 59.0 Å². The number of halogens is 1. The number of piperidine rings is 1. The van der Waals surface area contributed by atoms with Gasteiger partial charge in [0.2, 0.25) is 0 Å². The molecule has 0 bridgehead atoms. The fraction of sp³-hybridized carbons (Fsp3) is 0.611. The lowest BCUT2D eigenvalue weighted by atomic mass is 9.95. The Morgan fingerprint density at radius 1 is 1.46 bits per heavy atom. The number of benzene rings is 1. The molecule has 1 unspecified atom stereocenters. The summed E-state index contributed by atoms with van der Waals surface area (Å²) in [5.74, 6) is 0.946. The average molecular weight is 337 g/mol. The summed E-state index contributed by atoms with van der Waals surface area (Å²) in [4.78, 5) is 13.7. The van der Waals surface area contributed by atoms with Gasteiger partial charge in [-0.1, -0.05) is 12.1 Å². The molecule has 1 aromatic rings. The van der Waals surface area contributed by atoms with E-state index in [1.165, 1.54) is 4.90 Å². The number of likely N-dealkylation sites (tertiary alicyclic amines) is 1. The molecule has 2 aliphatic rings. The van der Waals surface area contributed by atoms with Gasteiger partial charge >= 0.3 is 0 Å². The highest BCUT2D eigenvalue weighted by Crippen LogP contribution is 2.41. The summed E-state index contributed by atoms with van der Waals surface area (Å²) >= 11 is 0. The van der Waals surface area contributed by atoms with Gasteiger partial charge in [0.15, 0.2) is 23.8 Å². The van der Waals surface area contributed by atoms with Crippen molar-refractivity contribution in [1.82, 2.24) is 4.90 Å². The second kappa shape index (κ2) is 6.24. The van der Waals surface area contributed by atoms with Gasteiger partial charge in [-0.05, 0) is 32.8 Å². The van der Waals surface area contributed by atoms with Crippen LogP contribution in [-0.4, -0.2) is 53.5 Å². The van der Waals surface area contributed by atoms with Crippen LogP contribution >= 0.6 is 0 Å². The number of aliphatic hydroxyl groups excluding tert-OH is 1. The quantitative estimate of drug-likeness (QED) is 0.914.